The molecule has 0 radical (unpaired) electrons. The first-order valence-corrected chi connectivity index (χ1v) is 8.49. The number of carbonyl (C=O) groups excluding carboxylic acids is 1. The van der Waals surface area contributed by atoms with Gasteiger partial charge in [-0.25, -0.2) is 4.39 Å². The molecule has 1 heterocycles. The summed E-state index contributed by atoms with van der Waals surface area (Å²) in [6.07, 6.45) is 2.10. The molecule has 0 fully saturated rings. The van der Waals surface area contributed by atoms with Gasteiger partial charge in [0.2, 0.25) is 5.91 Å². The highest BCUT2D eigenvalue weighted by Crippen LogP contribution is 2.20. The van der Waals surface area contributed by atoms with Gasteiger partial charge < -0.3 is 10.4 Å². The highest BCUT2D eigenvalue weighted by Gasteiger charge is 2.23. The quantitative estimate of drug-likeness (QED) is 0.813. The fraction of sp³-hybridized carbons (Fsp3) is 0.389. The van der Waals surface area contributed by atoms with Gasteiger partial charge in [0.1, 0.15) is 11.4 Å². The molecular weight excluding hydrogens is 313 g/mol. The van der Waals surface area contributed by atoms with Gasteiger partial charge in [-0.1, -0.05) is 12.1 Å². The Hall–Kier alpha value is -1.72. The summed E-state index contributed by atoms with van der Waals surface area (Å²) in [6, 6.07) is 9.84. The monoisotopic (exact) mass is 335 g/mol. The van der Waals surface area contributed by atoms with Crippen molar-refractivity contribution in [1.82, 2.24) is 5.32 Å². The van der Waals surface area contributed by atoms with E-state index >= 15 is 0 Å². The Labute approximate surface area is 140 Å². The van der Waals surface area contributed by atoms with Crippen LogP contribution in [0, 0.1) is 12.7 Å². The second-order valence-corrected chi connectivity index (χ2v) is 7.30. The van der Waals surface area contributed by atoms with E-state index in [-0.39, 0.29) is 18.3 Å². The Balaban J connectivity index is 1.75. The van der Waals surface area contributed by atoms with E-state index in [9.17, 15) is 14.3 Å². The summed E-state index contributed by atoms with van der Waals surface area (Å²) < 4.78 is 12.9. The van der Waals surface area contributed by atoms with Crippen LogP contribution in [-0.2, 0) is 16.8 Å². The number of aliphatic hydroxyl groups is 1. The van der Waals surface area contributed by atoms with Gasteiger partial charge in [0.25, 0.3) is 0 Å². The molecule has 23 heavy (non-hydrogen) atoms. The second-order valence-electron chi connectivity index (χ2n) is 5.92. The van der Waals surface area contributed by atoms with Gasteiger partial charge in [-0.05, 0) is 56.5 Å². The molecule has 0 aliphatic carbocycles. The molecule has 2 N–H and O–H groups in total. The number of carbonyl (C=O) groups is 1. The molecule has 1 atom stereocenters. The van der Waals surface area contributed by atoms with Crippen molar-refractivity contribution in [3.05, 3.63) is 57.5 Å². The first-order chi connectivity index (χ1) is 10.9. The number of amides is 1. The third-order valence-electron chi connectivity index (χ3n) is 3.72. The van der Waals surface area contributed by atoms with Gasteiger partial charge in [0, 0.05) is 16.2 Å². The molecule has 1 unspecified atom stereocenters. The summed E-state index contributed by atoms with van der Waals surface area (Å²) >= 11 is 1.75. The molecule has 0 saturated heterocycles. The van der Waals surface area contributed by atoms with Gasteiger partial charge >= 0.3 is 0 Å². The van der Waals surface area contributed by atoms with E-state index in [4.69, 9.17) is 0 Å². The van der Waals surface area contributed by atoms with Gasteiger partial charge in [0.05, 0.1) is 6.54 Å². The maximum absolute atomic E-state index is 12.9. The van der Waals surface area contributed by atoms with E-state index in [1.807, 2.05) is 0 Å². The standard InChI is InChI=1S/C18H22FNO2S/c1-13-6-11-16(23-13)4-3-5-17(21)20-12-18(2,22)14-7-9-15(19)10-8-14/h6-11,22H,3-5,12H2,1-2H3,(H,20,21). The van der Waals surface area contributed by atoms with Crippen LogP contribution in [0.1, 0.15) is 35.1 Å². The molecular formula is C18H22FNO2S. The van der Waals surface area contributed by atoms with Crippen LogP contribution < -0.4 is 5.32 Å². The topological polar surface area (TPSA) is 49.3 Å². The van der Waals surface area contributed by atoms with Crippen molar-refractivity contribution in [1.29, 1.82) is 0 Å². The van der Waals surface area contributed by atoms with Crippen LogP contribution in [-0.4, -0.2) is 17.6 Å². The normalized spacial score (nSPS) is 13.6. The number of nitrogens with one attached hydrogen (secondary N) is 1. The Bertz CT molecular complexity index is 649. The van der Waals surface area contributed by atoms with Crippen molar-refractivity contribution in [2.24, 2.45) is 0 Å². The second kappa shape index (κ2) is 7.70. The molecule has 1 aromatic carbocycles. The van der Waals surface area contributed by atoms with Crippen molar-refractivity contribution in [2.75, 3.05) is 6.54 Å². The first kappa shape index (κ1) is 17.6. The molecule has 3 nitrogen and oxygen atoms in total. The van der Waals surface area contributed by atoms with Gasteiger partial charge in [-0.2, -0.15) is 0 Å². The fourth-order valence-electron chi connectivity index (χ4n) is 2.31. The lowest BCUT2D eigenvalue weighted by atomic mass is 9.96. The van der Waals surface area contributed by atoms with E-state index in [2.05, 4.69) is 24.4 Å². The van der Waals surface area contributed by atoms with Crippen molar-refractivity contribution < 1.29 is 14.3 Å². The number of rotatable bonds is 7. The van der Waals surface area contributed by atoms with Crippen LogP contribution in [0.15, 0.2) is 36.4 Å². The first-order valence-electron chi connectivity index (χ1n) is 7.67. The molecule has 2 rings (SSSR count). The number of hydrogen-bond donors (Lipinski definition) is 2. The summed E-state index contributed by atoms with van der Waals surface area (Å²) in [5.41, 5.74) is -0.637. The molecule has 0 saturated carbocycles. The van der Waals surface area contributed by atoms with Gasteiger partial charge in [0.15, 0.2) is 0 Å². The van der Waals surface area contributed by atoms with E-state index in [0.717, 1.165) is 12.8 Å². The lowest BCUT2D eigenvalue weighted by Gasteiger charge is -2.24. The van der Waals surface area contributed by atoms with Crippen LogP contribution in [0.4, 0.5) is 4.39 Å². The Morgan fingerprint density at radius 1 is 1.26 bits per heavy atom. The average molecular weight is 335 g/mol. The summed E-state index contributed by atoms with van der Waals surface area (Å²) in [6.45, 7) is 3.78. The minimum atomic E-state index is -1.21. The summed E-state index contributed by atoms with van der Waals surface area (Å²) in [5.74, 6) is -0.432. The van der Waals surface area contributed by atoms with Gasteiger partial charge in [-0.3, -0.25) is 4.79 Å². The van der Waals surface area contributed by atoms with Crippen molar-refractivity contribution in [3.63, 3.8) is 0 Å². The van der Waals surface area contributed by atoms with Gasteiger partial charge in [-0.15, -0.1) is 11.3 Å². The van der Waals surface area contributed by atoms with Crippen molar-refractivity contribution in [3.8, 4) is 0 Å². The predicted molar refractivity (Wildman–Crippen MR) is 91.0 cm³/mol. The zero-order valence-electron chi connectivity index (χ0n) is 13.4. The SMILES string of the molecule is Cc1ccc(CCCC(=O)NCC(C)(O)c2ccc(F)cc2)s1. The zero-order chi connectivity index (χ0) is 16.9. The van der Waals surface area contributed by atoms with Crippen LogP contribution in [0.25, 0.3) is 0 Å². The number of halogens is 1. The summed E-state index contributed by atoms with van der Waals surface area (Å²) in [4.78, 5) is 14.5. The Kier molecular flexibility index (Phi) is 5.91. The van der Waals surface area contributed by atoms with Crippen LogP contribution in [0.2, 0.25) is 0 Å². The minimum Gasteiger partial charge on any atom is -0.384 e. The van der Waals surface area contributed by atoms with Crippen LogP contribution >= 0.6 is 11.3 Å². The molecule has 1 aromatic heterocycles. The maximum Gasteiger partial charge on any atom is 0.220 e. The summed E-state index contributed by atoms with van der Waals surface area (Å²) in [5, 5.41) is 13.1. The van der Waals surface area contributed by atoms with E-state index in [1.54, 1.807) is 18.3 Å². The molecule has 0 spiro atoms. The molecule has 0 aliphatic rings. The summed E-state index contributed by atoms with van der Waals surface area (Å²) in [7, 11) is 0. The smallest absolute Gasteiger partial charge is 0.220 e. The molecule has 1 amide bonds. The fourth-order valence-corrected chi connectivity index (χ4v) is 3.24. The Morgan fingerprint density at radius 3 is 2.57 bits per heavy atom. The highest BCUT2D eigenvalue weighted by atomic mass is 32.1. The molecule has 0 aliphatic heterocycles. The Morgan fingerprint density at radius 2 is 1.96 bits per heavy atom. The van der Waals surface area contributed by atoms with Crippen molar-refractivity contribution >= 4 is 17.2 Å². The predicted octanol–water partition coefficient (Wildman–Crippen LogP) is 3.54. The lowest BCUT2D eigenvalue weighted by molar-refractivity contribution is -0.122. The number of aryl methyl sites for hydroxylation is 2. The largest absolute Gasteiger partial charge is 0.384 e. The van der Waals surface area contributed by atoms with E-state index < -0.39 is 5.60 Å². The number of hydrogen-bond acceptors (Lipinski definition) is 3. The number of benzene rings is 1. The van der Waals surface area contributed by atoms with E-state index in [0.29, 0.717) is 12.0 Å². The third-order valence-corrected chi connectivity index (χ3v) is 4.78. The molecule has 0 bridgehead atoms. The molecule has 5 heteroatoms. The zero-order valence-corrected chi connectivity index (χ0v) is 14.3. The van der Waals surface area contributed by atoms with Crippen LogP contribution in [0.3, 0.4) is 0 Å². The third kappa shape index (κ3) is 5.44. The molecule has 124 valence electrons. The van der Waals surface area contributed by atoms with Crippen molar-refractivity contribution in [2.45, 2.75) is 38.7 Å². The number of thiophene rings is 1. The van der Waals surface area contributed by atoms with E-state index in [1.165, 1.54) is 34.0 Å². The lowest BCUT2D eigenvalue weighted by Crippen LogP contribution is -2.38. The minimum absolute atomic E-state index is 0.0827. The average Bonchev–Trinajstić information content (AvgIpc) is 2.91. The van der Waals surface area contributed by atoms with Crippen LogP contribution in [0.5, 0.6) is 0 Å². The maximum atomic E-state index is 12.9. The molecule has 2 aromatic rings. The highest BCUT2D eigenvalue weighted by molar-refractivity contribution is 7.11.